The van der Waals surface area contributed by atoms with E-state index in [1.165, 1.54) is 51.4 Å². The Labute approximate surface area is 105 Å². The van der Waals surface area contributed by atoms with Gasteiger partial charge >= 0.3 is 0 Å². The van der Waals surface area contributed by atoms with Gasteiger partial charge in [-0.15, -0.1) is 0 Å². The summed E-state index contributed by atoms with van der Waals surface area (Å²) in [4.78, 5) is 0. The van der Waals surface area contributed by atoms with Crippen LogP contribution in [0, 0.1) is 11.8 Å². The molecule has 1 spiro atoms. The number of aliphatic hydroxyl groups is 1. The van der Waals surface area contributed by atoms with Crippen molar-refractivity contribution in [2.75, 3.05) is 6.61 Å². The van der Waals surface area contributed by atoms with Gasteiger partial charge in [-0.1, -0.05) is 19.3 Å². The lowest BCUT2D eigenvalue weighted by Crippen LogP contribution is -2.43. The average molecular weight is 238 g/mol. The van der Waals surface area contributed by atoms with Crippen molar-refractivity contribution in [2.45, 2.75) is 75.9 Å². The summed E-state index contributed by atoms with van der Waals surface area (Å²) in [6.07, 6.45) is 12.6. The molecule has 0 bridgehead atoms. The molecule has 0 aromatic rings. The molecule has 3 unspecified atom stereocenters. The van der Waals surface area contributed by atoms with E-state index in [1.54, 1.807) is 0 Å². The Hall–Kier alpha value is -0.0800. The average Bonchev–Trinajstić information content (AvgIpc) is 2.77. The van der Waals surface area contributed by atoms with Gasteiger partial charge in [0.1, 0.15) is 0 Å². The summed E-state index contributed by atoms with van der Waals surface area (Å²) in [7, 11) is 0. The first-order valence-electron chi connectivity index (χ1n) is 7.59. The molecule has 3 atom stereocenters. The van der Waals surface area contributed by atoms with E-state index in [2.05, 4.69) is 0 Å². The van der Waals surface area contributed by atoms with Gasteiger partial charge < -0.3 is 9.84 Å². The normalized spacial score (nSPS) is 41.8. The number of aliphatic hydroxyl groups excluding tert-OH is 1. The lowest BCUT2D eigenvalue weighted by atomic mass is 9.72. The summed E-state index contributed by atoms with van der Waals surface area (Å²) in [6, 6.07) is 0. The fourth-order valence-electron chi connectivity index (χ4n) is 4.43. The summed E-state index contributed by atoms with van der Waals surface area (Å²) >= 11 is 0. The van der Waals surface area contributed by atoms with Gasteiger partial charge in [0.2, 0.25) is 0 Å². The van der Waals surface area contributed by atoms with Gasteiger partial charge in [-0.05, 0) is 56.8 Å². The predicted molar refractivity (Wildman–Crippen MR) is 67.8 cm³/mol. The van der Waals surface area contributed by atoms with Crippen LogP contribution in [-0.4, -0.2) is 23.4 Å². The van der Waals surface area contributed by atoms with E-state index in [1.807, 2.05) is 0 Å². The van der Waals surface area contributed by atoms with Gasteiger partial charge in [-0.2, -0.15) is 0 Å². The summed E-state index contributed by atoms with van der Waals surface area (Å²) in [5, 5.41) is 9.70. The van der Waals surface area contributed by atoms with Crippen molar-refractivity contribution in [1.29, 1.82) is 0 Å². The first kappa shape index (κ1) is 12.0. The highest BCUT2D eigenvalue weighted by Gasteiger charge is 2.42. The molecule has 3 aliphatic rings. The minimum Gasteiger partial charge on any atom is -0.393 e. The summed E-state index contributed by atoms with van der Waals surface area (Å²) < 4.78 is 6.16. The van der Waals surface area contributed by atoms with Crippen molar-refractivity contribution < 1.29 is 9.84 Å². The fourth-order valence-corrected chi connectivity index (χ4v) is 4.43. The minimum absolute atomic E-state index is 0.00912. The molecule has 1 N–H and O–H groups in total. The SMILES string of the molecule is OC1CCC(C2CCOC3(CCCCC3)C2)C1. The molecule has 1 saturated heterocycles. The van der Waals surface area contributed by atoms with Crippen molar-refractivity contribution in [3.8, 4) is 0 Å². The highest BCUT2D eigenvalue weighted by molar-refractivity contribution is 4.93. The monoisotopic (exact) mass is 238 g/mol. The van der Waals surface area contributed by atoms with Crippen LogP contribution < -0.4 is 0 Å². The summed E-state index contributed by atoms with van der Waals surface area (Å²) in [5.74, 6) is 1.62. The van der Waals surface area contributed by atoms with Gasteiger partial charge in [0.05, 0.1) is 11.7 Å². The maximum absolute atomic E-state index is 9.70. The highest BCUT2D eigenvalue weighted by atomic mass is 16.5. The maximum atomic E-state index is 9.70. The zero-order valence-electron chi connectivity index (χ0n) is 10.9. The van der Waals surface area contributed by atoms with E-state index in [-0.39, 0.29) is 11.7 Å². The van der Waals surface area contributed by atoms with Gasteiger partial charge in [-0.25, -0.2) is 0 Å². The van der Waals surface area contributed by atoms with Crippen LogP contribution in [0.1, 0.15) is 64.2 Å². The van der Waals surface area contributed by atoms with Crippen LogP contribution in [0.15, 0.2) is 0 Å². The van der Waals surface area contributed by atoms with Crippen molar-refractivity contribution in [3.05, 3.63) is 0 Å². The molecule has 98 valence electrons. The minimum atomic E-state index is -0.00912. The van der Waals surface area contributed by atoms with E-state index in [4.69, 9.17) is 4.74 Å². The van der Waals surface area contributed by atoms with E-state index in [0.29, 0.717) is 0 Å². The van der Waals surface area contributed by atoms with Crippen LogP contribution in [0.3, 0.4) is 0 Å². The second-order valence-corrected chi connectivity index (χ2v) is 6.57. The largest absolute Gasteiger partial charge is 0.393 e. The van der Waals surface area contributed by atoms with Crippen molar-refractivity contribution >= 4 is 0 Å². The van der Waals surface area contributed by atoms with Crippen molar-refractivity contribution in [3.63, 3.8) is 0 Å². The predicted octanol–water partition coefficient (Wildman–Crippen LogP) is 3.28. The Morgan fingerprint density at radius 3 is 2.47 bits per heavy atom. The highest BCUT2D eigenvalue weighted by Crippen LogP contribution is 2.46. The third-order valence-corrected chi connectivity index (χ3v) is 5.41. The second kappa shape index (κ2) is 4.89. The molecular formula is C15H26O2. The number of hydrogen-bond donors (Lipinski definition) is 1. The van der Waals surface area contributed by atoms with Gasteiger partial charge in [-0.3, -0.25) is 0 Å². The third-order valence-electron chi connectivity index (χ3n) is 5.41. The molecule has 2 saturated carbocycles. The second-order valence-electron chi connectivity index (χ2n) is 6.57. The molecule has 0 aromatic carbocycles. The maximum Gasteiger partial charge on any atom is 0.0685 e. The Kier molecular flexibility index (Phi) is 3.45. The van der Waals surface area contributed by atoms with E-state index >= 15 is 0 Å². The third kappa shape index (κ3) is 2.53. The summed E-state index contributed by atoms with van der Waals surface area (Å²) in [6.45, 7) is 0.970. The molecule has 3 fully saturated rings. The van der Waals surface area contributed by atoms with Crippen LogP contribution in [0.25, 0.3) is 0 Å². The van der Waals surface area contributed by atoms with Crippen LogP contribution in [0.2, 0.25) is 0 Å². The number of rotatable bonds is 1. The molecule has 1 heterocycles. The zero-order valence-corrected chi connectivity index (χ0v) is 10.9. The lowest BCUT2D eigenvalue weighted by Gasteiger charge is -2.45. The van der Waals surface area contributed by atoms with Gasteiger partial charge in [0.25, 0.3) is 0 Å². The van der Waals surface area contributed by atoms with E-state index in [0.717, 1.165) is 31.3 Å². The van der Waals surface area contributed by atoms with Gasteiger partial charge in [0.15, 0.2) is 0 Å². The molecular weight excluding hydrogens is 212 g/mol. The van der Waals surface area contributed by atoms with E-state index < -0.39 is 0 Å². The quantitative estimate of drug-likeness (QED) is 0.759. The molecule has 0 amide bonds. The smallest absolute Gasteiger partial charge is 0.0685 e. The Balaban J connectivity index is 1.62. The van der Waals surface area contributed by atoms with Crippen LogP contribution in [-0.2, 0) is 4.74 Å². The molecule has 3 rings (SSSR count). The van der Waals surface area contributed by atoms with Crippen molar-refractivity contribution in [2.24, 2.45) is 11.8 Å². The lowest BCUT2D eigenvalue weighted by molar-refractivity contribution is -0.125. The van der Waals surface area contributed by atoms with Crippen LogP contribution in [0.5, 0.6) is 0 Å². The molecule has 0 radical (unpaired) electrons. The molecule has 2 nitrogen and oxygen atoms in total. The number of ether oxygens (including phenoxy) is 1. The molecule has 1 aliphatic heterocycles. The van der Waals surface area contributed by atoms with Crippen LogP contribution >= 0.6 is 0 Å². The van der Waals surface area contributed by atoms with Crippen LogP contribution in [0.4, 0.5) is 0 Å². The topological polar surface area (TPSA) is 29.5 Å². The zero-order chi connectivity index (χ0) is 11.7. The molecule has 17 heavy (non-hydrogen) atoms. The first-order chi connectivity index (χ1) is 8.27. The van der Waals surface area contributed by atoms with Crippen molar-refractivity contribution in [1.82, 2.24) is 0 Å². The Bertz CT molecular complexity index is 252. The van der Waals surface area contributed by atoms with E-state index in [9.17, 15) is 5.11 Å². The molecule has 0 aromatic heterocycles. The molecule has 2 heteroatoms. The summed E-state index contributed by atoms with van der Waals surface area (Å²) in [5.41, 5.74) is 0.245. The first-order valence-corrected chi connectivity index (χ1v) is 7.59. The Morgan fingerprint density at radius 1 is 0.941 bits per heavy atom. The Morgan fingerprint density at radius 2 is 1.76 bits per heavy atom. The molecule has 2 aliphatic carbocycles. The number of hydrogen-bond acceptors (Lipinski definition) is 2. The fraction of sp³-hybridized carbons (Fsp3) is 1.00. The van der Waals surface area contributed by atoms with Gasteiger partial charge in [0, 0.05) is 6.61 Å². The standard InChI is InChI=1S/C15H26O2/c16-14-5-4-12(10-14)13-6-9-17-15(11-13)7-2-1-3-8-15/h12-14,16H,1-11H2.